The Hall–Kier alpha value is -4.72. The summed E-state index contributed by atoms with van der Waals surface area (Å²) in [5.41, 5.74) is 0.891. The van der Waals surface area contributed by atoms with Crippen LogP contribution in [-0.4, -0.2) is 111 Å². The number of esters is 1. The summed E-state index contributed by atoms with van der Waals surface area (Å²) in [7, 11) is 3.00. The van der Waals surface area contributed by atoms with Crippen LogP contribution in [0.4, 0.5) is 0 Å². The molecular weight excluding hydrogens is 670 g/mol. The number of fused-ring (bicyclic) bond motifs is 18. The van der Waals surface area contributed by atoms with E-state index in [0.717, 1.165) is 31.2 Å². The van der Waals surface area contributed by atoms with Crippen molar-refractivity contribution in [2.24, 2.45) is 5.41 Å². The van der Waals surface area contributed by atoms with E-state index < -0.39 is 11.4 Å². The Morgan fingerprint density at radius 1 is 1.00 bits per heavy atom. The lowest BCUT2D eigenvalue weighted by atomic mass is 9.78. The molecule has 1 unspecified atom stereocenters. The Labute approximate surface area is 304 Å². The molecule has 2 bridgehead atoms. The zero-order valence-electron chi connectivity index (χ0n) is 30.5. The third-order valence-corrected chi connectivity index (χ3v) is 10.1. The number of carbonyl (C=O) groups is 5. The lowest BCUT2D eigenvalue weighted by molar-refractivity contribution is -0.156. The van der Waals surface area contributed by atoms with E-state index in [0.29, 0.717) is 42.8 Å². The van der Waals surface area contributed by atoms with E-state index in [2.05, 4.69) is 15.6 Å². The predicted molar refractivity (Wildman–Crippen MR) is 190 cm³/mol. The molecule has 2 N–H and O–H groups in total. The molecule has 52 heavy (non-hydrogen) atoms. The number of carbonyl (C=O) groups excluding carboxylic acids is 5. The van der Waals surface area contributed by atoms with Crippen molar-refractivity contribution in [3.05, 3.63) is 52.7 Å². The molecule has 4 heterocycles. The van der Waals surface area contributed by atoms with Crippen LogP contribution in [0.15, 0.2) is 30.3 Å². The maximum atomic E-state index is 14.2. The second-order valence-corrected chi connectivity index (χ2v) is 13.6. The Morgan fingerprint density at radius 3 is 2.46 bits per heavy atom. The molecule has 14 heteroatoms. The van der Waals surface area contributed by atoms with E-state index in [1.807, 2.05) is 17.0 Å². The van der Waals surface area contributed by atoms with E-state index in [9.17, 15) is 24.0 Å². The molecule has 1 aliphatic carbocycles. The molecule has 4 amide bonds. The molecule has 1 atom stereocenters. The van der Waals surface area contributed by atoms with E-state index in [1.165, 1.54) is 7.11 Å². The summed E-state index contributed by atoms with van der Waals surface area (Å²) in [6, 6.07) is 8.87. The normalized spacial score (nSPS) is 20.9. The van der Waals surface area contributed by atoms with Crippen molar-refractivity contribution in [1.82, 2.24) is 25.4 Å². The summed E-state index contributed by atoms with van der Waals surface area (Å²) in [5.74, 6) is -0.927. The monoisotopic (exact) mass is 721 g/mol. The average molecular weight is 722 g/mol. The Balaban J connectivity index is 1.35. The van der Waals surface area contributed by atoms with Gasteiger partial charge in [-0.2, -0.15) is 0 Å². The van der Waals surface area contributed by atoms with Crippen LogP contribution in [0, 0.1) is 5.41 Å². The fraction of sp³-hybridized carbons (Fsp3) is 0.579. The molecule has 14 nitrogen and oxygen atoms in total. The van der Waals surface area contributed by atoms with Gasteiger partial charge >= 0.3 is 5.97 Å². The van der Waals surface area contributed by atoms with Crippen LogP contribution in [0.1, 0.15) is 90.3 Å². The molecule has 3 aliphatic heterocycles. The molecule has 1 fully saturated rings. The fourth-order valence-corrected chi connectivity index (χ4v) is 7.18. The van der Waals surface area contributed by atoms with Gasteiger partial charge in [-0.1, -0.05) is 25.0 Å². The van der Waals surface area contributed by atoms with Gasteiger partial charge in [0.25, 0.3) is 17.7 Å². The first-order valence-electron chi connectivity index (χ1n) is 18.3. The van der Waals surface area contributed by atoms with Crippen molar-refractivity contribution < 1.29 is 42.9 Å². The third kappa shape index (κ3) is 9.38. The number of hydrogen-bond acceptors (Lipinski definition) is 10. The highest BCUT2D eigenvalue weighted by Gasteiger charge is 2.41. The van der Waals surface area contributed by atoms with Crippen LogP contribution in [-0.2, 0) is 36.8 Å². The molecule has 1 saturated carbocycles. The Kier molecular flexibility index (Phi) is 13.5. The van der Waals surface area contributed by atoms with Gasteiger partial charge in [0.1, 0.15) is 11.3 Å². The van der Waals surface area contributed by atoms with Crippen LogP contribution in [0.2, 0.25) is 0 Å². The van der Waals surface area contributed by atoms with Crippen LogP contribution < -0.4 is 20.1 Å². The summed E-state index contributed by atoms with van der Waals surface area (Å²) in [5, 5.41) is 5.79. The first-order chi connectivity index (χ1) is 25.2. The zero-order chi connectivity index (χ0) is 37.1. The molecule has 1 aromatic heterocycles. The highest BCUT2D eigenvalue weighted by molar-refractivity contribution is 6.03. The van der Waals surface area contributed by atoms with Gasteiger partial charge in [0.15, 0.2) is 6.61 Å². The number of nitrogens with zero attached hydrogens (tertiary/aromatic N) is 3. The minimum absolute atomic E-state index is 0.0268. The van der Waals surface area contributed by atoms with Gasteiger partial charge in [0, 0.05) is 52.4 Å². The van der Waals surface area contributed by atoms with Crippen molar-refractivity contribution in [3.8, 4) is 11.6 Å². The van der Waals surface area contributed by atoms with Gasteiger partial charge < -0.3 is 39.4 Å². The molecule has 4 aliphatic rings. The van der Waals surface area contributed by atoms with Gasteiger partial charge in [0.2, 0.25) is 11.8 Å². The van der Waals surface area contributed by atoms with Crippen molar-refractivity contribution in [2.45, 2.75) is 77.3 Å². The van der Waals surface area contributed by atoms with Gasteiger partial charge in [0.05, 0.1) is 36.9 Å². The van der Waals surface area contributed by atoms with Crippen LogP contribution in [0.3, 0.4) is 0 Å². The summed E-state index contributed by atoms with van der Waals surface area (Å²) in [6.07, 6.45) is 5.49. The lowest BCUT2D eigenvalue weighted by Crippen LogP contribution is -2.46. The molecule has 2 aromatic rings. The molecule has 282 valence electrons. The van der Waals surface area contributed by atoms with Gasteiger partial charge in [-0.3, -0.25) is 24.0 Å². The number of methoxy groups -OCH3 is 2. The number of hydrogen-bond donors (Lipinski definition) is 2. The van der Waals surface area contributed by atoms with Crippen molar-refractivity contribution in [2.75, 3.05) is 60.2 Å². The van der Waals surface area contributed by atoms with Crippen molar-refractivity contribution >= 4 is 29.6 Å². The molecule has 6 rings (SSSR count). The maximum Gasteiger partial charge on any atom is 0.314 e. The summed E-state index contributed by atoms with van der Waals surface area (Å²) in [4.78, 5) is 75.0. The smallest absolute Gasteiger partial charge is 0.314 e. The SMILES string of the molecule is CCOC(=O)C1(CCOC)CNC(=O)CCCN(C(=O)c2cc3c(nc2OC)CN(C2CCCC2)C3=O)CCCNC(=O)COc2ccc(cc2)C1. The average Bonchev–Trinajstić information content (AvgIpc) is 3.80. The summed E-state index contributed by atoms with van der Waals surface area (Å²) in [6.45, 7) is 3.16. The molecule has 0 radical (unpaired) electrons. The number of benzene rings is 1. The number of amides is 4. The Bertz CT molecular complexity index is 1590. The van der Waals surface area contributed by atoms with E-state index in [-0.39, 0.29) is 100.0 Å². The molecular formula is C38H51N5O9. The van der Waals surface area contributed by atoms with E-state index >= 15 is 0 Å². The van der Waals surface area contributed by atoms with Gasteiger partial charge in [-0.05, 0) is 69.2 Å². The number of rotatable bonds is 8. The minimum Gasteiger partial charge on any atom is -0.484 e. The Morgan fingerprint density at radius 2 is 1.75 bits per heavy atom. The standard InChI is InChI=1S/C38H51N5O9/c1-4-51-37(48)38(16-20-49-2)22-26-12-14-28(15-13-26)52-24-33(45)39-17-8-19-42(18-7-11-32(44)40-25-38)35(46)30-21-29-31(41-34(30)50-3)23-43(36(29)47)27-9-5-6-10-27/h12-15,21,27H,4-11,16-20,22-25H2,1-3H3,(H,39,45)(H,40,44). The number of nitrogens with one attached hydrogen (secondary N) is 2. The van der Waals surface area contributed by atoms with Gasteiger partial charge in [-0.15, -0.1) is 0 Å². The fourth-order valence-electron chi connectivity index (χ4n) is 7.18. The van der Waals surface area contributed by atoms with Crippen molar-refractivity contribution in [3.63, 3.8) is 0 Å². The van der Waals surface area contributed by atoms with E-state index in [4.69, 9.17) is 18.9 Å². The van der Waals surface area contributed by atoms with Crippen LogP contribution in [0.25, 0.3) is 0 Å². The second-order valence-electron chi connectivity index (χ2n) is 13.6. The molecule has 0 spiro atoms. The van der Waals surface area contributed by atoms with E-state index in [1.54, 1.807) is 37.1 Å². The maximum absolute atomic E-state index is 14.2. The number of pyridine rings is 1. The number of aromatic nitrogens is 1. The highest BCUT2D eigenvalue weighted by Crippen LogP contribution is 2.34. The zero-order valence-corrected chi connectivity index (χ0v) is 30.5. The quantitative estimate of drug-likeness (QED) is 0.387. The lowest BCUT2D eigenvalue weighted by Gasteiger charge is -2.32. The molecule has 1 aromatic carbocycles. The second kappa shape index (κ2) is 18.2. The largest absolute Gasteiger partial charge is 0.484 e. The van der Waals surface area contributed by atoms with Crippen LogP contribution >= 0.6 is 0 Å². The molecule has 0 saturated heterocycles. The summed E-state index contributed by atoms with van der Waals surface area (Å²) >= 11 is 0. The van der Waals surface area contributed by atoms with Crippen molar-refractivity contribution in [1.29, 1.82) is 0 Å². The third-order valence-electron chi connectivity index (χ3n) is 10.1. The topological polar surface area (TPSA) is 166 Å². The highest BCUT2D eigenvalue weighted by atomic mass is 16.5. The predicted octanol–water partition coefficient (Wildman–Crippen LogP) is 3.05. The first kappa shape index (κ1) is 38.5. The minimum atomic E-state index is -1.10. The first-order valence-corrected chi connectivity index (χ1v) is 18.3. The van der Waals surface area contributed by atoms with Gasteiger partial charge in [-0.25, -0.2) is 4.98 Å². The summed E-state index contributed by atoms with van der Waals surface area (Å²) < 4.78 is 22.1. The number of ether oxygens (including phenoxy) is 4. The van der Waals surface area contributed by atoms with Crippen LogP contribution in [0.5, 0.6) is 11.6 Å².